The molecular weight excluding hydrogens is 316 g/mol. The number of amides is 1. The van der Waals surface area contributed by atoms with Crippen LogP contribution in [0.4, 0.5) is 0 Å². The summed E-state index contributed by atoms with van der Waals surface area (Å²) in [5.74, 6) is 2.44. The fourth-order valence-electron chi connectivity index (χ4n) is 3.28. The molecule has 0 aromatic carbocycles. The topological polar surface area (TPSA) is 41.6 Å². The van der Waals surface area contributed by atoms with Gasteiger partial charge in [-0.25, -0.2) is 0 Å². The number of carbonyl (C=O) groups is 1. The number of hydrogen-bond acceptors (Lipinski definition) is 5. The number of hydrogen-bond donors (Lipinski definition) is 1. The number of thiophene rings is 1. The summed E-state index contributed by atoms with van der Waals surface area (Å²) in [5.41, 5.74) is 1.28. The normalized spacial score (nSPS) is 22.4. The molecule has 3 rings (SSSR count). The van der Waals surface area contributed by atoms with Crippen LogP contribution in [-0.4, -0.2) is 60.7 Å². The van der Waals surface area contributed by atoms with Crippen LogP contribution >= 0.6 is 23.1 Å². The van der Waals surface area contributed by atoms with Gasteiger partial charge in [-0.3, -0.25) is 9.69 Å². The molecule has 2 aliphatic rings. The van der Waals surface area contributed by atoms with E-state index in [9.17, 15) is 4.79 Å². The first-order valence-electron chi connectivity index (χ1n) is 7.93. The molecule has 2 aliphatic heterocycles. The zero-order chi connectivity index (χ0) is 15.4. The number of morpholine rings is 1. The summed E-state index contributed by atoms with van der Waals surface area (Å²) in [6.07, 6.45) is 2.31. The summed E-state index contributed by atoms with van der Waals surface area (Å²) >= 11 is 3.56. The van der Waals surface area contributed by atoms with Gasteiger partial charge in [-0.1, -0.05) is 0 Å². The third-order valence-corrected chi connectivity index (χ3v) is 6.67. The lowest BCUT2D eigenvalue weighted by atomic mass is 9.89. The van der Waals surface area contributed by atoms with E-state index in [2.05, 4.69) is 10.2 Å². The highest BCUT2D eigenvalue weighted by molar-refractivity contribution is 7.99. The van der Waals surface area contributed by atoms with Crippen LogP contribution in [0, 0.1) is 6.92 Å². The highest BCUT2D eigenvalue weighted by atomic mass is 32.2. The van der Waals surface area contributed by atoms with Crippen molar-refractivity contribution >= 4 is 29.0 Å². The van der Waals surface area contributed by atoms with Crippen LogP contribution in [0.2, 0.25) is 0 Å². The summed E-state index contributed by atoms with van der Waals surface area (Å²) in [4.78, 5) is 15.7. The van der Waals surface area contributed by atoms with E-state index >= 15 is 0 Å². The minimum Gasteiger partial charge on any atom is -0.379 e. The second-order valence-electron chi connectivity index (χ2n) is 6.11. The van der Waals surface area contributed by atoms with Crippen LogP contribution in [0.1, 0.15) is 28.1 Å². The molecule has 6 heteroatoms. The van der Waals surface area contributed by atoms with Crippen molar-refractivity contribution in [2.45, 2.75) is 25.3 Å². The Labute approximate surface area is 140 Å². The van der Waals surface area contributed by atoms with E-state index in [1.807, 2.05) is 30.1 Å². The molecule has 0 radical (unpaired) electrons. The average molecular weight is 341 g/mol. The number of rotatable bonds is 4. The van der Waals surface area contributed by atoms with Gasteiger partial charge in [0.05, 0.1) is 18.1 Å². The molecule has 1 aromatic heterocycles. The van der Waals surface area contributed by atoms with E-state index in [-0.39, 0.29) is 11.4 Å². The fourth-order valence-corrected chi connectivity index (χ4v) is 5.34. The summed E-state index contributed by atoms with van der Waals surface area (Å²) in [6, 6.07) is 1.97. The van der Waals surface area contributed by atoms with Crippen LogP contribution in [0.25, 0.3) is 0 Å². The zero-order valence-corrected chi connectivity index (χ0v) is 14.7. The molecule has 2 fully saturated rings. The molecule has 0 aliphatic carbocycles. The van der Waals surface area contributed by atoms with Gasteiger partial charge in [-0.2, -0.15) is 11.8 Å². The number of carbonyl (C=O) groups excluding carboxylic acids is 1. The van der Waals surface area contributed by atoms with Crippen molar-refractivity contribution in [2.24, 2.45) is 0 Å². The Bertz CT molecular complexity index is 506. The van der Waals surface area contributed by atoms with Crippen LogP contribution in [0.5, 0.6) is 0 Å². The molecule has 0 bridgehead atoms. The molecule has 3 heterocycles. The first-order chi connectivity index (χ1) is 10.7. The van der Waals surface area contributed by atoms with Gasteiger partial charge in [0.25, 0.3) is 5.91 Å². The minimum atomic E-state index is 0.0731. The van der Waals surface area contributed by atoms with Crippen LogP contribution in [0.3, 0.4) is 0 Å². The molecule has 122 valence electrons. The second-order valence-corrected chi connectivity index (χ2v) is 8.24. The number of nitrogens with zero attached hydrogens (tertiary/aromatic N) is 1. The summed E-state index contributed by atoms with van der Waals surface area (Å²) in [5, 5.41) is 5.23. The van der Waals surface area contributed by atoms with E-state index in [4.69, 9.17) is 4.74 Å². The van der Waals surface area contributed by atoms with Gasteiger partial charge in [0, 0.05) is 25.2 Å². The SMILES string of the molecule is Cc1csc(C(=O)NCC2(N3CCOCC3)CCSCC2)c1. The van der Waals surface area contributed by atoms with Gasteiger partial charge in [0.2, 0.25) is 0 Å². The third kappa shape index (κ3) is 3.67. The zero-order valence-electron chi connectivity index (χ0n) is 13.1. The molecule has 1 aromatic rings. The Morgan fingerprint density at radius 2 is 2.09 bits per heavy atom. The van der Waals surface area contributed by atoms with Gasteiger partial charge in [0.1, 0.15) is 0 Å². The van der Waals surface area contributed by atoms with Crippen molar-refractivity contribution in [3.63, 3.8) is 0 Å². The van der Waals surface area contributed by atoms with Gasteiger partial charge < -0.3 is 10.1 Å². The molecule has 0 spiro atoms. The standard InChI is InChI=1S/C16H24N2O2S2/c1-13-10-14(22-11-13)15(19)17-12-16(2-8-21-9-3-16)18-4-6-20-7-5-18/h10-11H,2-9,12H2,1H3,(H,17,19). The predicted octanol–water partition coefficient (Wildman–Crippen LogP) is 2.38. The highest BCUT2D eigenvalue weighted by Gasteiger charge is 2.39. The Balaban J connectivity index is 1.66. The molecule has 1 N–H and O–H groups in total. The fraction of sp³-hybridized carbons (Fsp3) is 0.688. The number of thioether (sulfide) groups is 1. The largest absolute Gasteiger partial charge is 0.379 e. The molecule has 2 saturated heterocycles. The van der Waals surface area contributed by atoms with Crippen LogP contribution in [0.15, 0.2) is 11.4 Å². The van der Waals surface area contributed by atoms with Crippen LogP contribution < -0.4 is 5.32 Å². The summed E-state index contributed by atoms with van der Waals surface area (Å²) in [6.45, 7) is 6.38. The molecule has 22 heavy (non-hydrogen) atoms. The van der Waals surface area contributed by atoms with Gasteiger partial charge >= 0.3 is 0 Å². The molecule has 0 atom stereocenters. The predicted molar refractivity (Wildman–Crippen MR) is 93.1 cm³/mol. The Hall–Kier alpha value is -0.560. The number of aryl methyl sites for hydroxylation is 1. The van der Waals surface area contributed by atoms with Crippen molar-refractivity contribution in [3.05, 3.63) is 21.9 Å². The lowest BCUT2D eigenvalue weighted by Crippen LogP contribution is -2.60. The maximum Gasteiger partial charge on any atom is 0.261 e. The van der Waals surface area contributed by atoms with E-state index in [0.29, 0.717) is 0 Å². The van der Waals surface area contributed by atoms with Crippen LogP contribution in [-0.2, 0) is 4.74 Å². The summed E-state index contributed by atoms with van der Waals surface area (Å²) < 4.78 is 5.50. The second kappa shape index (κ2) is 7.34. The molecular formula is C16H24N2O2S2. The average Bonchev–Trinajstić information content (AvgIpc) is 3.01. The molecule has 1 amide bonds. The molecule has 4 nitrogen and oxygen atoms in total. The first-order valence-corrected chi connectivity index (χ1v) is 9.97. The Kier molecular flexibility index (Phi) is 5.44. The van der Waals surface area contributed by atoms with E-state index < -0.39 is 0 Å². The highest BCUT2D eigenvalue weighted by Crippen LogP contribution is 2.33. The minimum absolute atomic E-state index is 0.0731. The Morgan fingerprint density at radius 1 is 1.36 bits per heavy atom. The van der Waals surface area contributed by atoms with E-state index in [1.165, 1.54) is 22.8 Å². The third-order valence-electron chi connectivity index (χ3n) is 4.64. The lowest BCUT2D eigenvalue weighted by Gasteiger charge is -2.48. The maximum absolute atomic E-state index is 12.4. The lowest BCUT2D eigenvalue weighted by molar-refractivity contribution is -0.0254. The summed E-state index contributed by atoms with van der Waals surface area (Å²) in [7, 11) is 0. The van der Waals surface area contributed by atoms with Crippen molar-refractivity contribution in [2.75, 3.05) is 44.4 Å². The van der Waals surface area contributed by atoms with Gasteiger partial charge in [0.15, 0.2) is 0 Å². The first kappa shape index (κ1) is 16.3. The van der Waals surface area contributed by atoms with Crippen molar-refractivity contribution in [1.82, 2.24) is 10.2 Å². The van der Waals surface area contributed by atoms with E-state index in [0.717, 1.165) is 56.1 Å². The van der Waals surface area contributed by atoms with Crippen molar-refractivity contribution in [3.8, 4) is 0 Å². The van der Waals surface area contributed by atoms with Crippen molar-refractivity contribution in [1.29, 1.82) is 0 Å². The Morgan fingerprint density at radius 3 is 2.73 bits per heavy atom. The smallest absolute Gasteiger partial charge is 0.261 e. The quantitative estimate of drug-likeness (QED) is 0.914. The molecule has 0 unspecified atom stereocenters. The van der Waals surface area contributed by atoms with Gasteiger partial charge in [-0.05, 0) is 48.3 Å². The van der Waals surface area contributed by atoms with E-state index in [1.54, 1.807) is 0 Å². The van der Waals surface area contributed by atoms with Gasteiger partial charge in [-0.15, -0.1) is 11.3 Å². The monoisotopic (exact) mass is 340 g/mol. The maximum atomic E-state index is 12.4. The number of nitrogens with one attached hydrogen (secondary N) is 1. The number of ether oxygens (including phenoxy) is 1. The van der Waals surface area contributed by atoms with Crippen molar-refractivity contribution < 1.29 is 9.53 Å². The molecule has 0 saturated carbocycles.